The molecular formula is C25H20ClN3O5. The smallest absolute Gasteiger partial charge is 0.269 e. The number of carbonyl (C=O) groups excluding carboxylic acids is 3. The maximum absolute atomic E-state index is 13.5. The van der Waals surface area contributed by atoms with Gasteiger partial charge >= 0.3 is 0 Å². The number of anilines is 1. The lowest BCUT2D eigenvalue weighted by Gasteiger charge is -2.37. The lowest BCUT2D eigenvalue weighted by Crippen LogP contribution is -2.45. The van der Waals surface area contributed by atoms with E-state index in [1.807, 2.05) is 0 Å². The molecule has 0 radical (unpaired) electrons. The highest BCUT2D eigenvalue weighted by molar-refractivity contribution is 6.30. The molecule has 6 atom stereocenters. The number of non-ortho nitro benzene ring substituents is 1. The van der Waals surface area contributed by atoms with Crippen LogP contribution in [0.1, 0.15) is 16.8 Å². The highest BCUT2D eigenvalue weighted by Crippen LogP contribution is 2.65. The van der Waals surface area contributed by atoms with Crippen LogP contribution in [0.25, 0.3) is 0 Å². The number of allylic oxidation sites excluding steroid dienone is 2. The summed E-state index contributed by atoms with van der Waals surface area (Å²) in [5.74, 6) is -0.474. The number of nitrogens with zero attached hydrogens (tertiary/aromatic N) is 3. The van der Waals surface area contributed by atoms with E-state index in [1.54, 1.807) is 24.3 Å². The van der Waals surface area contributed by atoms with Gasteiger partial charge in [-0.1, -0.05) is 23.8 Å². The van der Waals surface area contributed by atoms with E-state index in [0.717, 1.165) is 6.42 Å². The van der Waals surface area contributed by atoms with E-state index in [0.29, 0.717) is 22.5 Å². The van der Waals surface area contributed by atoms with Crippen molar-refractivity contribution in [3.63, 3.8) is 0 Å². The predicted octanol–water partition coefficient (Wildman–Crippen LogP) is 3.91. The van der Waals surface area contributed by atoms with Gasteiger partial charge in [0.15, 0.2) is 0 Å². The Labute approximate surface area is 199 Å². The summed E-state index contributed by atoms with van der Waals surface area (Å²) >= 11 is 6.02. The molecule has 2 aromatic carbocycles. The quantitative estimate of drug-likeness (QED) is 0.281. The van der Waals surface area contributed by atoms with Crippen LogP contribution >= 0.6 is 11.6 Å². The van der Waals surface area contributed by atoms with Crippen LogP contribution in [-0.2, 0) is 9.59 Å². The third-order valence-corrected chi connectivity index (χ3v) is 8.00. The summed E-state index contributed by atoms with van der Waals surface area (Å²) in [4.78, 5) is 53.4. The Balaban J connectivity index is 1.32. The Kier molecular flexibility index (Phi) is 4.64. The molecular weight excluding hydrogens is 458 g/mol. The number of hydrogen-bond donors (Lipinski definition) is 0. The van der Waals surface area contributed by atoms with Gasteiger partial charge in [0.25, 0.3) is 11.6 Å². The normalized spacial score (nSPS) is 30.2. The molecule has 4 aliphatic carbocycles. The zero-order valence-corrected chi connectivity index (χ0v) is 18.7. The summed E-state index contributed by atoms with van der Waals surface area (Å²) < 4.78 is 0. The second kappa shape index (κ2) is 7.50. The van der Waals surface area contributed by atoms with E-state index in [4.69, 9.17) is 11.6 Å². The van der Waals surface area contributed by atoms with Crippen LogP contribution in [0.15, 0.2) is 60.7 Å². The molecule has 1 aliphatic heterocycles. The molecule has 7 rings (SSSR count). The second-order valence-corrected chi connectivity index (χ2v) is 9.85. The number of nitro benzene ring substituents is 1. The minimum atomic E-state index is -0.540. The van der Waals surface area contributed by atoms with Crippen molar-refractivity contribution in [3.05, 3.63) is 81.4 Å². The monoisotopic (exact) mass is 477 g/mol. The molecule has 9 heteroatoms. The van der Waals surface area contributed by atoms with Gasteiger partial charge in [0.2, 0.25) is 11.8 Å². The average Bonchev–Trinajstić information content (AvgIpc) is 3.63. The zero-order valence-electron chi connectivity index (χ0n) is 17.9. The summed E-state index contributed by atoms with van der Waals surface area (Å²) in [5.41, 5.74) is 0.539. The summed E-state index contributed by atoms with van der Waals surface area (Å²) in [7, 11) is 0. The second-order valence-electron chi connectivity index (χ2n) is 9.41. The van der Waals surface area contributed by atoms with E-state index in [2.05, 4.69) is 12.2 Å². The first-order chi connectivity index (χ1) is 16.3. The minimum absolute atomic E-state index is 0.0933. The van der Waals surface area contributed by atoms with E-state index >= 15 is 0 Å². The molecule has 1 saturated heterocycles. The van der Waals surface area contributed by atoms with Gasteiger partial charge in [-0.2, -0.15) is 0 Å². The Bertz CT molecular complexity index is 1220. The largest absolute Gasteiger partial charge is 0.290 e. The molecule has 1 heterocycles. The standard InChI is InChI=1S/C25H20ClN3O5/c26-14-3-7-15(8-4-14)27(23(30)13-1-5-16(6-2-13)29(33)34)12-28-24(31)21-17-9-10-18(20-11-19(17)20)22(21)25(28)32/h1-10,17-22H,11-12H2. The van der Waals surface area contributed by atoms with Crippen molar-refractivity contribution in [2.75, 3.05) is 11.6 Å². The molecule has 0 spiro atoms. The van der Waals surface area contributed by atoms with Gasteiger partial charge in [0, 0.05) is 28.4 Å². The predicted molar refractivity (Wildman–Crippen MR) is 123 cm³/mol. The van der Waals surface area contributed by atoms with Crippen molar-refractivity contribution in [1.29, 1.82) is 0 Å². The number of carbonyl (C=O) groups is 3. The maximum atomic E-state index is 13.5. The van der Waals surface area contributed by atoms with Crippen molar-refractivity contribution < 1.29 is 19.3 Å². The van der Waals surface area contributed by atoms with Gasteiger partial charge in [-0.3, -0.25) is 34.3 Å². The topological polar surface area (TPSA) is 101 Å². The summed E-state index contributed by atoms with van der Waals surface area (Å²) in [5, 5.41) is 11.5. The fraction of sp³-hybridized carbons (Fsp3) is 0.320. The lowest BCUT2D eigenvalue weighted by molar-refractivity contribution is -0.384. The van der Waals surface area contributed by atoms with E-state index in [1.165, 1.54) is 34.1 Å². The summed E-state index contributed by atoms with van der Waals surface area (Å²) in [6, 6.07) is 11.8. The molecule has 6 unspecified atom stereocenters. The highest BCUT2D eigenvalue weighted by Gasteiger charge is 2.67. The number of rotatable bonds is 5. The molecule has 3 fully saturated rings. The van der Waals surface area contributed by atoms with Crippen molar-refractivity contribution in [2.45, 2.75) is 6.42 Å². The van der Waals surface area contributed by atoms with Crippen LogP contribution in [0.3, 0.4) is 0 Å². The molecule has 0 N–H and O–H groups in total. The first kappa shape index (κ1) is 21.0. The van der Waals surface area contributed by atoms with E-state index in [-0.39, 0.29) is 53.4 Å². The Morgan fingerprint density at radius 1 is 0.971 bits per heavy atom. The molecule has 172 valence electrons. The van der Waals surface area contributed by atoms with Crippen LogP contribution in [0.4, 0.5) is 11.4 Å². The van der Waals surface area contributed by atoms with Crippen LogP contribution in [-0.4, -0.2) is 34.2 Å². The molecule has 34 heavy (non-hydrogen) atoms. The van der Waals surface area contributed by atoms with Crippen molar-refractivity contribution in [2.24, 2.45) is 35.5 Å². The van der Waals surface area contributed by atoms with Crippen molar-refractivity contribution >= 4 is 40.7 Å². The molecule has 8 nitrogen and oxygen atoms in total. The highest BCUT2D eigenvalue weighted by atomic mass is 35.5. The molecule has 2 bridgehead atoms. The number of hydrogen-bond acceptors (Lipinski definition) is 5. The molecule has 3 amide bonds. The number of amides is 3. The fourth-order valence-corrected chi connectivity index (χ4v) is 6.19. The first-order valence-corrected chi connectivity index (χ1v) is 11.6. The molecule has 2 aromatic rings. The fourth-order valence-electron chi connectivity index (χ4n) is 6.07. The Morgan fingerprint density at radius 3 is 2.06 bits per heavy atom. The number of nitro groups is 1. The number of likely N-dealkylation sites (tertiary alicyclic amines) is 1. The van der Waals surface area contributed by atoms with Gasteiger partial charge in [0.1, 0.15) is 6.67 Å². The third-order valence-electron chi connectivity index (χ3n) is 7.75. The van der Waals surface area contributed by atoms with Gasteiger partial charge in [-0.25, -0.2) is 0 Å². The summed E-state index contributed by atoms with van der Waals surface area (Å²) in [6.45, 7) is -0.225. The Morgan fingerprint density at radius 2 is 1.53 bits per heavy atom. The Hall–Kier alpha value is -3.52. The van der Waals surface area contributed by atoms with Gasteiger partial charge in [-0.15, -0.1) is 0 Å². The third kappa shape index (κ3) is 3.09. The van der Waals surface area contributed by atoms with E-state index < -0.39 is 10.8 Å². The molecule has 5 aliphatic rings. The lowest BCUT2D eigenvalue weighted by atomic mass is 9.63. The number of benzene rings is 2. The minimum Gasteiger partial charge on any atom is -0.290 e. The number of imide groups is 1. The van der Waals surface area contributed by atoms with Crippen molar-refractivity contribution in [1.82, 2.24) is 4.90 Å². The van der Waals surface area contributed by atoms with Crippen LogP contribution in [0.5, 0.6) is 0 Å². The van der Waals surface area contributed by atoms with Crippen LogP contribution < -0.4 is 4.90 Å². The number of halogens is 1. The van der Waals surface area contributed by atoms with Gasteiger partial charge in [0.05, 0.1) is 16.8 Å². The first-order valence-electron chi connectivity index (χ1n) is 11.2. The van der Waals surface area contributed by atoms with Gasteiger partial charge in [-0.05, 0) is 66.5 Å². The van der Waals surface area contributed by atoms with Gasteiger partial charge < -0.3 is 0 Å². The summed E-state index contributed by atoms with van der Waals surface area (Å²) in [6.07, 6.45) is 5.28. The average molecular weight is 478 g/mol. The molecule has 0 aromatic heterocycles. The zero-order chi connectivity index (χ0) is 23.7. The SMILES string of the molecule is O=C1C2C3C=CC(C4CC34)C2C(=O)N1CN(C(=O)c1ccc([N+](=O)[O-])cc1)c1ccc(Cl)cc1. The molecule has 2 saturated carbocycles. The maximum Gasteiger partial charge on any atom is 0.269 e. The van der Waals surface area contributed by atoms with E-state index in [9.17, 15) is 24.5 Å². The van der Waals surface area contributed by atoms with Crippen LogP contribution in [0, 0.1) is 45.6 Å². The van der Waals surface area contributed by atoms with Crippen molar-refractivity contribution in [3.8, 4) is 0 Å². The van der Waals surface area contributed by atoms with Crippen LogP contribution in [0.2, 0.25) is 5.02 Å².